The third kappa shape index (κ3) is 1.03. The van der Waals surface area contributed by atoms with E-state index in [0.29, 0.717) is 0 Å². The average molecular weight is 161 g/mol. The Bertz CT molecular complexity index is 333. The molecule has 0 saturated carbocycles. The van der Waals surface area contributed by atoms with Crippen molar-refractivity contribution in [3.8, 4) is 0 Å². The molecule has 0 radical (unpaired) electrons. The molecule has 0 aliphatic carbocycles. The van der Waals surface area contributed by atoms with Gasteiger partial charge >= 0.3 is 0 Å². The van der Waals surface area contributed by atoms with Crippen LogP contribution in [0.3, 0.4) is 0 Å². The van der Waals surface area contributed by atoms with Gasteiger partial charge in [0.15, 0.2) is 0 Å². The summed E-state index contributed by atoms with van der Waals surface area (Å²) in [6.07, 6.45) is 0. The van der Waals surface area contributed by atoms with Crippen molar-refractivity contribution in [3.63, 3.8) is 0 Å². The van der Waals surface area contributed by atoms with Crippen LogP contribution >= 0.6 is 0 Å². The number of nitrogens with zero attached hydrogens (tertiary/aromatic N) is 1. The minimum Gasteiger partial charge on any atom is -0.267 e. The zero-order valence-electron chi connectivity index (χ0n) is 5.95. The van der Waals surface area contributed by atoms with E-state index in [9.17, 15) is 4.79 Å². The van der Waals surface area contributed by atoms with Gasteiger partial charge in [0, 0.05) is 5.56 Å². The molecular formula is C8H7NOSi. The Morgan fingerprint density at radius 2 is 2.09 bits per heavy atom. The maximum absolute atomic E-state index is 11.1. The first-order chi connectivity index (χ1) is 5.38. The van der Waals surface area contributed by atoms with Crippen molar-refractivity contribution in [2.75, 3.05) is 0 Å². The smallest absolute Gasteiger partial charge is 0.267 e. The fourth-order valence-electron chi connectivity index (χ4n) is 1.20. The highest BCUT2D eigenvalue weighted by atomic mass is 28.2. The van der Waals surface area contributed by atoms with Crippen molar-refractivity contribution in [1.29, 1.82) is 0 Å². The number of hydrogen-bond acceptors (Lipinski definition) is 1. The molecule has 11 heavy (non-hydrogen) atoms. The van der Waals surface area contributed by atoms with E-state index in [-0.39, 0.29) is 15.4 Å². The summed E-state index contributed by atoms with van der Waals surface area (Å²) >= 11 is 0. The van der Waals surface area contributed by atoms with Crippen LogP contribution in [0.25, 0.3) is 0 Å². The van der Waals surface area contributed by atoms with E-state index in [4.69, 9.17) is 0 Å². The molecule has 1 aliphatic rings. The van der Waals surface area contributed by atoms with Gasteiger partial charge in [-0.1, -0.05) is 18.2 Å². The van der Waals surface area contributed by atoms with Crippen molar-refractivity contribution >= 4 is 26.5 Å². The van der Waals surface area contributed by atoms with E-state index in [1.165, 1.54) is 5.19 Å². The normalized spacial score (nSPS) is 16.9. The van der Waals surface area contributed by atoms with Gasteiger partial charge in [0.25, 0.3) is 5.91 Å². The zero-order valence-corrected chi connectivity index (χ0v) is 7.36. The first-order valence-electron chi connectivity index (χ1n) is 3.53. The summed E-state index contributed by atoms with van der Waals surface area (Å²) in [6, 6.07) is 7.72. The van der Waals surface area contributed by atoms with E-state index in [1.807, 2.05) is 24.3 Å². The lowest BCUT2D eigenvalue weighted by Gasteiger charge is -2.06. The van der Waals surface area contributed by atoms with Crippen LogP contribution in [0.2, 0.25) is 0 Å². The predicted molar refractivity (Wildman–Crippen MR) is 47.4 cm³/mol. The van der Waals surface area contributed by atoms with Crippen LogP contribution in [0, 0.1) is 0 Å². The SMILES string of the molecule is O=C1N=C[SiH2]c2ccccc21. The van der Waals surface area contributed by atoms with Gasteiger partial charge in [-0.3, -0.25) is 4.79 Å². The van der Waals surface area contributed by atoms with E-state index < -0.39 is 0 Å². The monoisotopic (exact) mass is 161 g/mol. The summed E-state index contributed by atoms with van der Waals surface area (Å²) in [4.78, 5) is 14.9. The number of rotatable bonds is 0. The van der Waals surface area contributed by atoms with Gasteiger partial charge in [-0.25, -0.2) is 4.99 Å². The summed E-state index contributed by atoms with van der Waals surface area (Å²) in [5.74, 6) is 1.71. The summed E-state index contributed by atoms with van der Waals surface area (Å²) in [5, 5.41) is 1.22. The summed E-state index contributed by atoms with van der Waals surface area (Å²) in [5.41, 5.74) is 0.807. The second-order valence-corrected chi connectivity index (χ2v) is 4.01. The molecular weight excluding hydrogens is 154 g/mol. The molecule has 2 nitrogen and oxygen atoms in total. The van der Waals surface area contributed by atoms with Crippen LogP contribution < -0.4 is 5.19 Å². The topological polar surface area (TPSA) is 29.4 Å². The first-order valence-corrected chi connectivity index (χ1v) is 5.05. The van der Waals surface area contributed by atoms with Gasteiger partial charge in [0.1, 0.15) is 9.52 Å². The predicted octanol–water partition coefficient (Wildman–Crippen LogP) is -0.337. The van der Waals surface area contributed by atoms with Crippen LogP contribution in [0.5, 0.6) is 0 Å². The molecule has 0 saturated heterocycles. The highest BCUT2D eigenvalue weighted by Crippen LogP contribution is 2.00. The second-order valence-electron chi connectivity index (χ2n) is 2.48. The van der Waals surface area contributed by atoms with Gasteiger partial charge in [-0.05, 0) is 17.1 Å². The quantitative estimate of drug-likeness (QED) is 0.479. The number of amides is 1. The van der Waals surface area contributed by atoms with Gasteiger partial charge in [0.05, 0.1) is 0 Å². The average Bonchev–Trinajstić information content (AvgIpc) is 2.06. The highest BCUT2D eigenvalue weighted by molar-refractivity contribution is 6.81. The third-order valence-electron chi connectivity index (χ3n) is 1.77. The molecule has 2 rings (SSSR count). The highest BCUT2D eigenvalue weighted by Gasteiger charge is 2.11. The Labute approximate surface area is 66.8 Å². The molecule has 0 atom stereocenters. The second kappa shape index (κ2) is 2.43. The standard InChI is InChI=1S/C8H7NOSi/c10-8-6-3-1-2-4-7(6)11-5-9-8/h1-5H,11H2. The molecule has 1 amide bonds. The summed E-state index contributed by atoms with van der Waals surface area (Å²) in [6.45, 7) is 0. The van der Waals surface area contributed by atoms with E-state index in [2.05, 4.69) is 4.99 Å². The Hall–Kier alpha value is -1.22. The van der Waals surface area contributed by atoms with Crippen molar-refractivity contribution in [2.24, 2.45) is 4.99 Å². The Balaban J connectivity index is 2.59. The van der Waals surface area contributed by atoms with Crippen molar-refractivity contribution < 1.29 is 4.79 Å². The molecule has 0 spiro atoms. The molecule has 0 aromatic heterocycles. The lowest BCUT2D eigenvalue weighted by atomic mass is 10.2. The lowest BCUT2D eigenvalue weighted by Crippen LogP contribution is -2.27. The molecule has 1 aliphatic heterocycles. The number of carbonyl (C=O) groups excluding carboxylic acids is 1. The van der Waals surface area contributed by atoms with Crippen LogP contribution in [0.1, 0.15) is 10.4 Å². The van der Waals surface area contributed by atoms with E-state index >= 15 is 0 Å². The molecule has 0 N–H and O–H groups in total. The lowest BCUT2D eigenvalue weighted by molar-refractivity contribution is 0.100. The molecule has 54 valence electrons. The molecule has 1 aromatic carbocycles. The third-order valence-corrected chi connectivity index (χ3v) is 3.19. The van der Waals surface area contributed by atoms with Gasteiger partial charge in [-0.2, -0.15) is 0 Å². The molecule has 1 aromatic rings. The van der Waals surface area contributed by atoms with Crippen LogP contribution in [0.15, 0.2) is 29.3 Å². The molecule has 1 heterocycles. The molecule has 0 bridgehead atoms. The van der Waals surface area contributed by atoms with Crippen LogP contribution in [-0.4, -0.2) is 21.3 Å². The van der Waals surface area contributed by atoms with Crippen LogP contribution in [-0.2, 0) is 0 Å². The minimum atomic E-state index is -0.387. The molecule has 0 fully saturated rings. The van der Waals surface area contributed by atoms with E-state index in [1.54, 1.807) is 5.84 Å². The number of carbonyl (C=O) groups is 1. The Kier molecular flexibility index (Phi) is 1.43. The summed E-state index contributed by atoms with van der Waals surface area (Å²) in [7, 11) is -0.387. The Morgan fingerprint density at radius 3 is 2.91 bits per heavy atom. The number of benzene rings is 1. The maximum Gasteiger partial charge on any atom is 0.276 e. The summed E-state index contributed by atoms with van der Waals surface area (Å²) < 4.78 is 0. The van der Waals surface area contributed by atoms with E-state index in [0.717, 1.165) is 5.56 Å². The first kappa shape index (κ1) is 6.48. The number of fused-ring (bicyclic) bond motifs is 1. The van der Waals surface area contributed by atoms with Gasteiger partial charge < -0.3 is 0 Å². The van der Waals surface area contributed by atoms with Crippen molar-refractivity contribution in [2.45, 2.75) is 0 Å². The Morgan fingerprint density at radius 1 is 1.27 bits per heavy atom. The number of aliphatic imine (C=N–C) groups is 1. The molecule has 3 heteroatoms. The maximum atomic E-state index is 11.1. The fourth-order valence-corrected chi connectivity index (χ4v) is 2.42. The zero-order chi connectivity index (χ0) is 7.68. The van der Waals surface area contributed by atoms with Gasteiger partial charge in [0.2, 0.25) is 0 Å². The largest absolute Gasteiger partial charge is 0.276 e. The number of hydrogen-bond donors (Lipinski definition) is 0. The fraction of sp³-hybridized carbons (Fsp3) is 0. The van der Waals surface area contributed by atoms with Gasteiger partial charge in [-0.15, -0.1) is 0 Å². The molecule has 0 unspecified atom stereocenters. The van der Waals surface area contributed by atoms with Crippen molar-refractivity contribution in [3.05, 3.63) is 29.8 Å². The van der Waals surface area contributed by atoms with Crippen LogP contribution in [0.4, 0.5) is 0 Å². The minimum absolute atomic E-state index is 0.0839. The van der Waals surface area contributed by atoms with Crippen molar-refractivity contribution in [1.82, 2.24) is 0 Å².